The van der Waals surface area contributed by atoms with Crippen LogP contribution < -0.4 is 5.32 Å². The van der Waals surface area contributed by atoms with Gasteiger partial charge in [-0.05, 0) is 6.92 Å². The fraction of sp³-hybridized carbons (Fsp3) is 0.769. The predicted molar refractivity (Wildman–Crippen MR) is 82.5 cm³/mol. The molecule has 1 N–H and O–H groups in total. The standard InChI is InChI=1S/C13H23N3O6S/c1-3-22-13(19)16-7-5-15(6-8-16)12(18)10-14-11(17)4-9-23(2,20)21/h3-10H2,1-2H3,(H,14,17). The van der Waals surface area contributed by atoms with Crippen molar-refractivity contribution in [2.75, 3.05) is 51.3 Å². The Bertz CT molecular complexity index is 540. The first-order valence-corrected chi connectivity index (χ1v) is 9.43. The molecule has 0 aromatic carbocycles. The molecule has 1 heterocycles. The van der Waals surface area contributed by atoms with E-state index in [4.69, 9.17) is 4.74 Å². The second kappa shape index (κ2) is 8.70. The van der Waals surface area contributed by atoms with Crippen LogP contribution >= 0.6 is 0 Å². The van der Waals surface area contributed by atoms with Crippen LogP contribution in [0.4, 0.5) is 4.79 Å². The molecule has 0 aliphatic carbocycles. The number of hydrogen-bond donors (Lipinski definition) is 1. The Kier molecular flexibility index (Phi) is 7.27. The highest BCUT2D eigenvalue weighted by atomic mass is 32.2. The van der Waals surface area contributed by atoms with Gasteiger partial charge in [0.1, 0.15) is 9.84 Å². The van der Waals surface area contributed by atoms with Crippen LogP contribution in [0, 0.1) is 0 Å². The van der Waals surface area contributed by atoms with Crippen molar-refractivity contribution < 1.29 is 27.5 Å². The molecule has 1 aliphatic heterocycles. The van der Waals surface area contributed by atoms with Crippen molar-refractivity contribution in [1.29, 1.82) is 0 Å². The van der Waals surface area contributed by atoms with Gasteiger partial charge in [-0.15, -0.1) is 0 Å². The van der Waals surface area contributed by atoms with Crippen molar-refractivity contribution in [1.82, 2.24) is 15.1 Å². The number of nitrogens with one attached hydrogen (secondary N) is 1. The first-order valence-electron chi connectivity index (χ1n) is 7.37. The van der Waals surface area contributed by atoms with Crippen LogP contribution in [0.1, 0.15) is 13.3 Å². The van der Waals surface area contributed by atoms with Crippen molar-refractivity contribution in [3.8, 4) is 0 Å². The Morgan fingerprint density at radius 2 is 1.65 bits per heavy atom. The molecule has 0 atom stereocenters. The number of carbonyl (C=O) groups is 3. The lowest BCUT2D eigenvalue weighted by Crippen LogP contribution is -2.52. The molecule has 1 rings (SSSR count). The fourth-order valence-corrected chi connectivity index (χ4v) is 2.56. The minimum Gasteiger partial charge on any atom is -0.450 e. The van der Waals surface area contributed by atoms with Gasteiger partial charge in [0.2, 0.25) is 11.8 Å². The second-order valence-electron chi connectivity index (χ2n) is 5.22. The van der Waals surface area contributed by atoms with Crippen molar-refractivity contribution >= 4 is 27.7 Å². The summed E-state index contributed by atoms with van der Waals surface area (Å²) in [6.45, 7) is 3.36. The topological polar surface area (TPSA) is 113 Å². The van der Waals surface area contributed by atoms with Crippen LogP contribution in [0.25, 0.3) is 0 Å². The number of carbonyl (C=O) groups excluding carboxylic acids is 3. The van der Waals surface area contributed by atoms with Gasteiger partial charge in [-0.25, -0.2) is 13.2 Å². The Labute approximate surface area is 135 Å². The summed E-state index contributed by atoms with van der Waals surface area (Å²) in [7, 11) is -3.20. The molecule has 3 amide bonds. The summed E-state index contributed by atoms with van der Waals surface area (Å²) < 4.78 is 26.8. The molecule has 0 aromatic rings. The van der Waals surface area contributed by atoms with Gasteiger partial charge in [-0.3, -0.25) is 9.59 Å². The quantitative estimate of drug-likeness (QED) is 0.647. The summed E-state index contributed by atoms with van der Waals surface area (Å²) >= 11 is 0. The first-order chi connectivity index (χ1) is 10.7. The van der Waals surface area contributed by atoms with E-state index in [0.717, 1.165) is 6.26 Å². The predicted octanol–water partition coefficient (Wildman–Crippen LogP) is -1.16. The van der Waals surface area contributed by atoms with Crippen LogP contribution in [-0.4, -0.2) is 87.5 Å². The number of sulfone groups is 1. The zero-order valence-corrected chi connectivity index (χ0v) is 14.2. The van der Waals surface area contributed by atoms with Gasteiger partial charge >= 0.3 is 6.09 Å². The minimum atomic E-state index is -3.20. The lowest BCUT2D eigenvalue weighted by molar-refractivity contribution is -0.134. The molecule has 9 nitrogen and oxygen atoms in total. The normalized spacial score (nSPS) is 15.2. The van der Waals surface area contributed by atoms with E-state index >= 15 is 0 Å². The van der Waals surface area contributed by atoms with E-state index in [1.54, 1.807) is 11.8 Å². The van der Waals surface area contributed by atoms with Gasteiger partial charge < -0.3 is 19.9 Å². The van der Waals surface area contributed by atoms with E-state index in [-0.39, 0.29) is 24.6 Å². The van der Waals surface area contributed by atoms with Gasteiger partial charge in [-0.2, -0.15) is 0 Å². The van der Waals surface area contributed by atoms with Crippen LogP contribution in [-0.2, 0) is 24.2 Å². The molecular formula is C13H23N3O6S. The molecule has 0 saturated carbocycles. The van der Waals surface area contributed by atoms with Gasteiger partial charge in [0.25, 0.3) is 0 Å². The summed E-state index contributed by atoms with van der Waals surface area (Å²) in [6.07, 6.45) is 0.491. The Morgan fingerprint density at radius 3 is 2.17 bits per heavy atom. The zero-order chi connectivity index (χ0) is 17.5. The van der Waals surface area contributed by atoms with Crippen molar-refractivity contribution in [2.45, 2.75) is 13.3 Å². The number of hydrogen-bond acceptors (Lipinski definition) is 6. The summed E-state index contributed by atoms with van der Waals surface area (Å²) in [5, 5.41) is 2.41. The van der Waals surface area contributed by atoms with Crippen LogP contribution in [0.5, 0.6) is 0 Å². The summed E-state index contributed by atoms with van der Waals surface area (Å²) in [6, 6.07) is 0. The van der Waals surface area contributed by atoms with Crippen LogP contribution in [0.3, 0.4) is 0 Å². The molecule has 0 aromatic heterocycles. The molecule has 132 valence electrons. The molecule has 1 saturated heterocycles. The Balaban J connectivity index is 2.29. The molecule has 23 heavy (non-hydrogen) atoms. The van der Waals surface area contributed by atoms with Gasteiger partial charge in [0.05, 0.1) is 18.9 Å². The van der Waals surface area contributed by atoms with Gasteiger partial charge in [0, 0.05) is 38.9 Å². The van der Waals surface area contributed by atoms with E-state index in [9.17, 15) is 22.8 Å². The van der Waals surface area contributed by atoms with Crippen LogP contribution in [0.15, 0.2) is 0 Å². The molecular weight excluding hydrogens is 326 g/mol. The second-order valence-corrected chi connectivity index (χ2v) is 7.48. The van der Waals surface area contributed by atoms with E-state index in [1.807, 2.05) is 0 Å². The van der Waals surface area contributed by atoms with E-state index in [0.29, 0.717) is 32.8 Å². The number of rotatable bonds is 6. The maximum atomic E-state index is 12.0. The lowest BCUT2D eigenvalue weighted by atomic mass is 10.3. The van der Waals surface area contributed by atoms with E-state index in [1.165, 1.54) is 4.90 Å². The van der Waals surface area contributed by atoms with E-state index in [2.05, 4.69) is 5.32 Å². The largest absolute Gasteiger partial charge is 0.450 e. The molecule has 10 heteroatoms. The zero-order valence-electron chi connectivity index (χ0n) is 13.4. The smallest absolute Gasteiger partial charge is 0.409 e. The summed E-state index contributed by atoms with van der Waals surface area (Å²) in [5.74, 6) is -0.985. The lowest BCUT2D eigenvalue weighted by Gasteiger charge is -2.34. The molecule has 0 radical (unpaired) electrons. The highest BCUT2D eigenvalue weighted by Gasteiger charge is 2.24. The minimum absolute atomic E-state index is 0.164. The van der Waals surface area contributed by atoms with Gasteiger partial charge in [0.15, 0.2) is 0 Å². The third-order valence-corrected chi connectivity index (χ3v) is 4.24. The third kappa shape index (κ3) is 7.31. The highest BCUT2D eigenvalue weighted by Crippen LogP contribution is 2.04. The summed E-state index contributed by atoms with van der Waals surface area (Å²) in [4.78, 5) is 38.0. The molecule has 0 unspecified atom stereocenters. The number of nitrogens with zero attached hydrogens (tertiary/aromatic N) is 2. The van der Waals surface area contributed by atoms with Crippen LogP contribution in [0.2, 0.25) is 0 Å². The Morgan fingerprint density at radius 1 is 1.09 bits per heavy atom. The third-order valence-electron chi connectivity index (χ3n) is 3.30. The van der Waals surface area contributed by atoms with E-state index < -0.39 is 21.8 Å². The Hall–Kier alpha value is -1.84. The number of ether oxygens (including phenoxy) is 1. The average molecular weight is 349 g/mol. The van der Waals surface area contributed by atoms with Crippen molar-refractivity contribution in [3.63, 3.8) is 0 Å². The maximum absolute atomic E-state index is 12.0. The molecule has 0 bridgehead atoms. The SMILES string of the molecule is CCOC(=O)N1CCN(C(=O)CNC(=O)CCS(C)(=O)=O)CC1. The molecule has 1 aliphatic rings. The highest BCUT2D eigenvalue weighted by molar-refractivity contribution is 7.90. The first kappa shape index (κ1) is 19.2. The number of piperazine rings is 1. The van der Waals surface area contributed by atoms with Crippen molar-refractivity contribution in [2.24, 2.45) is 0 Å². The fourth-order valence-electron chi connectivity index (χ4n) is 2.01. The van der Waals surface area contributed by atoms with Gasteiger partial charge in [-0.1, -0.05) is 0 Å². The summed E-state index contributed by atoms with van der Waals surface area (Å²) in [5.41, 5.74) is 0. The number of amides is 3. The maximum Gasteiger partial charge on any atom is 0.409 e. The monoisotopic (exact) mass is 349 g/mol. The average Bonchev–Trinajstić information content (AvgIpc) is 2.50. The van der Waals surface area contributed by atoms with Crippen molar-refractivity contribution in [3.05, 3.63) is 0 Å². The molecule has 0 spiro atoms. The molecule has 1 fully saturated rings.